The Morgan fingerprint density at radius 1 is 1.12 bits per heavy atom. The van der Waals surface area contributed by atoms with Crippen LogP contribution in [-0.4, -0.2) is 0 Å². The summed E-state index contributed by atoms with van der Waals surface area (Å²) >= 11 is 5.63. The second kappa shape index (κ2) is 6.92. The van der Waals surface area contributed by atoms with Crippen LogP contribution in [0.3, 0.4) is 0 Å². The van der Waals surface area contributed by atoms with Crippen molar-refractivity contribution in [1.29, 1.82) is 0 Å². The molecule has 0 aromatic heterocycles. The normalized spacial score (nSPS) is 15.2. The summed E-state index contributed by atoms with van der Waals surface area (Å²) in [4.78, 5) is 2.74. The first kappa shape index (κ1) is 19.1. The number of nitrogens with zero attached hydrogens (tertiary/aromatic N) is 3. The van der Waals surface area contributed by atoms with E-state index in [0.717, 1.165) is 18.2 Å². The van der Waals surface area contributed by atoms with Gasteiger partial charge in [-0.05, 0) is 47.8 Å². The highest BCUT2D eigenvalue weighted by molar-refractivity contribution is 6.30. The van der Waals surface area contributed by atoms with Gasteiger partial charge in [-0.25, -0.2) is 4.39 Å². The zero-order chi connectivity index (χ0) is 18.8. The van der Waals surface area contributed by atoms with Gasteiger partial charge >= 0.3 is 6.18 Å². The van der Waals surface area contributed by atoms with Crippen LogP contribution in [0, 0.1) is 5.82 Å². The number of azide groups is 1. The number of hydrogen-bond donors (Lipinski definition) is 1. The SMILES string of the molecule is C[C@](N=[N+]=[N-])(c1ccc(C(F)(F)F)cc1)[C@H](N)c1ccc(Cl)c(F)c1. The topological polar surface area (TPSA) is 74.8 Å². The quantitative estimate of drug-likeness (QED) is 0.317. The molecule has 0 spiro atoms. The van der Waals surface area contributed by atoms with E-state index >= 15 is 0 Å². The molecule has 4 nitrogen and oxygen atoms in total. The molecule has 2 aromatic rings. The lowest BCUT2D eigenvalue weighted by atomic mass is 9.82. The van der Waals surface area contributed by atoms with Crippen LogP contribution in [0.4, 0.5) is 17.6 Å². The maximum absolute atomic E-state index is 13.7. The molecule has 2 aromatic carbocycles. The maximum atomic E-state index is 13.7. The van der Waals surface area contributed by atoms with Crippen molar-refractivity contribution >= 4 is 11.6 Å². The largest absolute Gasteiger partial charge is 0.416 e. The summed E-state index contributed by atoms with van der Waals surface area (Å²) in [5.41, 5.74) is 13.3. The molecule has 0 aliphatic rings. The first-order valence-corrected chi connectivity index (χ1v) is 7.42. The van der Waals surface area contributed by atoms with E-state index in [4.69, 9.17) is 22.9 Å². The number of hydrogen-bond acceptors (Lipinski definition) is 2. The third kappa shape index (κ3) is 3.87. The van der Waals surface area contributed by atoms with Gasteiger partial charge in [0.25, 0.3) is 0 Å². The van der Waals surface area contributed by atoms with E-state index in [1.165, 1.54) is 31.2 Å². The van der Waals surface area contributed by atoms with Crippen LogP contribution in [0.25, 0.3) is 10.4 Å². The lowest BCUT2D eigenvalue weighted by molar-refractivity contribution is -0.137. The predicted octanol–water partition coefficient (Wildman–Crippen LogP) is 5.72. The average Bonchev–Trinajstić information content (AvgIpc) is 2.56. The van der Waals surface area contributed by atoms with Gasteiger partial charge < -0.3 is 5.73 Å². The van der Waals surface area contributed by atoms with Gasteiger partial charge in [0.05, 0.1) is 16.1 Å². The molecule has 0 saturated carbocycles. The molecular weight excluding hydrogens is 360 g/mol. The van der Waals surface area contributed by atoms with Crippen molar-refractivity contribution in [3.05, 3.63) is 80.4 Å². The van der Waals surface area contributed by atoms with Gasteiger partial charge in [0, 0.05) is 11.0 Å². The van der Waals surface area contributed by atoms with E-state index in [0.29, 0.717) is 0 Å². The van der Waals surface area contributed by atoms with Gasteiger partial charge in [0.15, 0.2) is 0 Å². The highest BCUT2D eigenvalue weighted by Gasteiger charge is 2.36. The molecule has 0 saturated heterocycles. The Kier molecular flexibility index (Phi) is 5.27. The maximum Gasteiger partial charge on any atom is 0.416 e. The van der Waals surface area contributed by atoms with Crippen molar-refractivity contribution in [2.45, 2.75) is 24.7 Å². The van der Waals surface area contributed by atoms with Gasteiger partial charge in [0.2, 0.25) is 0 Å². The number of nitrogens with two attached hydrogens (primary N) is 1. The molecule has 0 amide bonds. The Morgan fingerprint density at radius 2 is 1.68 bits per heavy atom. The smallest absolute Gasteiger partial charge is 0.323 e. The lowest BCUT2D eigenvalue weighted by Crippen LogP contribution is -2.34. The van der Waals surface area contributed by atoms with Crippen molar-refractivity contribution < 1.29 is 17.6 Å². The molecule has 2 N–H and O–H groups in total. The lowest BCUT2D eigenvalue weighted by Gasteiger charge is -2.32. The monoisotopic (exact) mass is 372 g/mol. The average molecular weight is 373 g/mol. The van der Waals surface area contributed by atoms with Crippen LogP contribution in [-0.2, 0) is 11.7 Å². The van der Waals surface area contributed by atoms with Gasteiger partial charge in [-0.1, -0.05) is 34.9 Å². The fraction of sp³-hybridized carbons (Fsp3) is 0.250. The molecule has 132 valence electrons. The summed E-state index contributed by atoms with van der Waals surface area (Å²) in [7, 11) is 0. The molecule has 0 bridgehead atoms. The summed E-state index contributed by atoms with van der Waals surface area (Å²) < 4.78 is 51.8. The second-order valence-electron chi connectivity index (χ2n) is 5.56. The first-order chi connectivity index (χ1) is 11.6. The summed E-state index contributed by atoms with van der Waals surface area (Å²) in [5.74, 6) is -0.703. The van der Waals surface area contributed by atoms with E-state index in [-0.39, 0.29) is 16.1 Å². The standard InChI is InChI=1S/C16H13ClF4N4/c1-15(24-25-23,10-3-5-11(6-4-10)16(19,20)21)14(22)9-2-7-12(17)13(18)8-9/h2-8,14H,22H2,1H3/t14-,15+/m1/s1. The molecule has 0 fully saturated rings. The van der Waals surface area contributed by atoms with E-state index < -0.39 is 29.1 Å². The third-order valence-electron chi connectivity index (χ3n) is 3.96. The van der Waals surface area contributed by atoms with Gasteiger partial charge in [-0.2, -0.15) is 13.2 Å². The summed E-state index contributed by atoms with van der Waals surface area (Å²) in [6.45, 7) is 1.46. The predicted molar refractivity (Wildman–Crippen MR) is 86.3 cm³/mol. The van der Waals surface area contributed by atoms with E-state index in [9.17, 15) is 17.6 Å². The summed E-state index contributed by atoms with van der Waals surface area (Å²) in [5, 5.41) is 3.56. The molecule has 0 heterocycles. The number of rotatable bonds is 4. The molecule has 2 rings (SSSR count). The molecule has 25 heavy (non-hydrogen) atoms. The van der Waals surface area contributed by atoms with Gasteiger partial charge in [-0.15, -0.1) is 0 Å². The van der Waals surface area contributed by atoms with Crippen molar-refractivity contribution in [1.82, 2.24) is 0 Å². The van der Waals surface area contributed by atoms with Crippen LogP contribution in [0.1, 0.15) is 29.7 Å². The molecule has 2 atom stereocenters. The fourth-order valence-corrected chi connectivity index (χ4v) is 2.54. The number of benzene rings is 2. The number of halogens is 5. The highest BCUT2D eigenvalue weighted by atomic mass is 35.5. The van der Waals surface area contributed by atoms with Crippen molar-refractivity contribution in [3.8, 4) is 0 Å². The zero-order valence-corrected chi connectivity index (χ0v) is 13.7. The van der Waals surface area contributed by atoms with Crippen LogP contribution in [0.15, 0.2) is 47.6 Å². The van der Waals surface area contributed by atoms with Crippen molar-refractivity contribution in [3.63, 3.8) is 0 Å². The molecule has 0 aliphatic carbocycles. The summed E-state index contributed by atoms with van der Waals surface area (Å²) in [6.07, 6.45) is -4.49. The van der Waals surface area contributed by atoms with E-state index in [2.05, 4.69) is 10.0 Å². The highest BCUT2D eigenvalue weighted by Crippen LogP contribution is 2.39. The van der Waals surface area contributed by atoms with Crippen LogP contribution in [0.5, 0.6) is 0 Å². The minimum Gasteiger partial charge on any atom is -0.323 e. The van der Waals surface area contributed by atoms with Gasteiger partial charge in [0.1, 0.15) is 5.82 Å². The third-order valence-corrected chi connectivity index (χ3v) is 4.26. The Hall–Kier alpha value is -2.28. The zero-order valence-electron chi connectivity index (χ0n) is 12.9. The Balaban J connectivity index is 2.50. The van der Waals surface area contributed by atoms with Crippen molar-refractivity contribution in [2.24, 2.45) is 10.8 Å². The Morgan fingerprint density at radius 3 is 2.16 bits per heavy atom. The van der Waals surface area contributed by atoms with Crippen LogP contribution < -0.4 is 5.73 Å². The molecular formula is C16H13ClF4N4. The fourth-order valence-electron chi connectivity index (χ4n) is 2.42. The molecule has 9 heteroatoms. The summed E-state index contributed by atoms with van der Waals surface area (Å²) in [6, 6.07) is 6.97. The minimum atomic E-state index is -4.49. The molecule has 0 radical (unpaired) electrons. The van der Waals surface area contributed by atoms with Crippen LogP contribution >= 0.6 is 11.6 Å². The van der Waals surface area contributed by atoms with Crippen LogP contribution in [0.2, 0.25) is 5.02 Å². The Labute approximate surface area is 145 Å². The number of alkyl halides is 3. The first-order valence-electron chi connectivity index (χ1n) is 7.04. The Bertz CT molecular complexity index is 816. The van der Waals surface area contributed by atoms with Gasteiger partial charge in [-0.3, -0.25) is 0 Å². The molecule has 0 unspecified atom stereocenters. The minimum absolute atomic E-state index is 0.101. The molecule has 0 aliphatic heterocycles. The van der Waals surface area contributed by atoms with E-state index in [1.807, 2.05) is 0 Å². The second-order valence-corrected chi connectivity index (χ2v) is 5.97. The van der Waals surface area contributed by atoms with E-state index in [1.54, 1.807) is 0 Å². The van der Waals surface area contributed by atoms with Crippen molar-refractivity contribution in [2.75, 3.05) is 0 Å².